The first-order valence-electron chi connectivity index (χ1n) is 7.32. The third-order valence-electron chi connectivity index (χ3n) is 3.97. The second kappa shape index (κ2) is 6.00. The summed E-state index contributed by atoms with van der Waals surface area (Å²) in [5.74, 6) is 1.89. The van der Waals surface area contributed by atoms with Gasteiger partial charge in [0.2, 0.25) is 0 Å². The Morgan fingerprint density at radius 2 is 2.09 bits per heavy atom. The summed E-state index contributed by atoms with van der Waals surface area (Å²) in [6, 6.07) is 7.28. The fraction of sp³-hybridized carbons (Fsp3) is 0.250. The molecule has 0 amide bonds. The molecule has 0 aliphatic carbocycles. The highest BCUT2D eigenvalue weighted by Gasteiger charge is 2.19. The molecule has 0 spiro atoms. The highest BCUT2D eigenvalue weighted by atomic mass is 35.5. The number of aromatic nitrogens is 3. The highest BCUT2D eigenvalue weighted by molar-refractivity contribution is 6.36. The van der Waals surface area contributed by atoms with Crippen LogP contribution in [0.1, 0.15) is 11.6 Å². The smallest absolute Gasteiger partial charge is 0.151 e. The van der Waals surface area contributed by atoms with E-state index in [0.717, 1.165) is 42.5 Å². The summed E-state index contributed by atoms with van der Waals surface area (Å²) in [4.78, 5) is 6.65. The largest absolute Gasteiger partial charge is 0.359 e. The van der Waals surface area contributed by atoms with Gasteiger partial charge in [0.25, 0.3) is 0 Å². The van der Waals surface area contributed by atoms with E-state index >= 15 is 0 Å². The molecule has 0 fully saturated rings. The molecule has 5 nitrogen and oxygen atoms in total. The summed E-state index contributed by atoms with van der Waals surface area (Å²) in [6.45, 7) is 3.41. The van der Waals surface area contributed by atoms with Crippen molar-refractivity contribution in [2.75, 3.05) is 6.54 Å². The van der Waals surface area contributed by atoms with Gasteiger partial charge >= 0.3 is 0 Å². The molecule has 23 heavy (non-hydrogen) atoms. The molecule has 1 aromatic carbocycles. The van der Waals surface area contributed by atoms with Crippen LogP contribution in [0.3, 0.4) is 0 Å². The Balaban J connectivity index is 1.50. The second-order valence-corrected chi connectivity index (χ2v) is 6.39. The van der Waals surface area contributed by atoms with E-state index in [1.807, 2.05) is 24.5 Å². The van der Waals surface area contributed by atoms with Gasteiger partial charge in [0.15, 0.2) is 5.76 Å². The van der Waals surface area contributed by atoms with Crippen LogP contribution in [0.2, 0.25) is 10.0 Å². The molecule has 4 rings (SSSR count). The van der Waals surface area contributed by atoms with Crippen LogP contribution in [-0.4, -0.2) is 26.2 Å². The number of fused-ring (bicyclic) bond motifs is 1. The van der Waals surface area contributed by atoms with Gasteiger partial charge in [-0.05, 0) is 18.2 Å². The van der Waals surface area contributed by atoms with Crippen LogP contribution in [-0.2, 0) is 19.6 Å². The lowest BCUT2D eigenvalue weighted by molar-refractivity contribution is 0.186. The number of nitrogens with zero attached hydrogens (tertiary/aromatic N) is 4. The van der Waals surface area contributed by atoms with Gasteiger partial charge in [-0.15, -0.1) is 0 Å². The molecule has 118 valence electrons. The number of halogens is 2. The Morgan fingerprint density at radius 3 is 2.96 bits per heavy atom. The van der Waals surface area contributed by atoms with Crippen molar-refractivity contribution in [3.05, 3.63) is 58.3 Å². The molecule has 0 bridgehead atoms. The third-order valence-corrected chi connectivity index (χ3v) is 4.52. The molecule has 0 radical (unpaired) electrons. The zero-order valence-corrected chi connectivity index (χ0v) is 13.8. The number of rotatable bonds is 3. The van der Waals surface area contributed by atoms with Crippen molar-refractivity contribution in [2.24, 2.45) is 0 Å². The topological polar surface area (TPSA) is 47.1 Å². The lowest BCUT2D eigenvalue weighted by atomic mass is 10.1. The average molecular weight is 349 g/mol. The normalized spacial score (nSPS) is 14.9. The van der Waals surface area contributed by atoms with Gasteiger partial charge in [-0.3, -0.25) is 4.90 Å². The summed E-state index contributed by atoms with van der Waals surface area (Å²) in [7, 11) is 0. The minimum absolute atomic E-state index is 0.567. The van der Waals surface area contributed by atoms with Crippen LogP contribution >= 0.6 is 23.2 Å². The van der Waals surface area contributed by atoms with Crippen molar-refractivity contribution in [2.45, 2.75) is 19.6 Å². The van der Waals surface area contributed by atoms with E-state index in [-0.39, 0.29) is 0 Å². The van der Waals surface area contributed by atoms with Gasteiger partial charge in [-0.1, -0.05) is 28.4 Å². The second-order valence-electron chi connectivity index (χ2n) is 5.55. The van der Waals surface area contributed by atoms with Crippen molar-refractivity contribution in [1.82, 2.24) is 19.6 Å². The van der Waals surface area contributed by atoms with Crippen LogP contribution in [0, 0.1) is 0 Å². The van der Waals surface area contributed by atoms with E-state index in [9.17, 15) is 0 Å². The predicted molar refractivity (Wildman–Crippen MR) is 88.3 cm³/mol. The van der Waals surface area contributed by atoms with Crippen LogP contribution in [0.15, 0.2) is 41.2 Å². The summed E-state index contributed by atoms with van der Waals surface area (Å²) in [5, 5.41) is 5.30. The fourth-order valence-corrected chi connectivity index (χ4v) is 3.30. The minimum Gasteiger partial charge on any atom is -0.359 e. The van der Waals surface area contributed by atoms with Gasteiger partial charge in [0, 0.05) is 42.1 Å². The fourth-order valence-electron chi connectivity index (χ4n) is 2.79. The Kier molecular flexibility index (Phi) is 3.85. The Hall–Kier alpha value is -1.82. The number of hydrogen-bond donors (Lipinski definition) is 0. The van der Waals surface area contributed by atoms with E-state index in [0.29, 0.717) is 16.6 Å². The van der Waals surface area contributed by atoms with Gasteiger partial charge in [0.05, 0.1) is 18.1 Å². The first kappa shape index (κ1) is 14.8. The van der Waals surface area contributed by atoms with E-state index in [1.165, 1.54) is 0 Å². The monoisotopic (exact) mass is 348 g/mol. The molecule has 3 heterocycles. The summed E-state index contributed by atoms with van der Waals surface area (Å²) < 4.78 is 7.64. The molecule has 3 aromatic rings. The molecule has 0 saturated carbocycles. The molecular weight excluding hydrogens is 335 g/mol. The maximum atomic E-state index is 6.22. The van der Waals surface area contributed by atoms with Crippen molar-refractivity contribution >= 4 is 23.2 Å². The van der Waals surface area contributed by atoms with Crippen LogP contribution in [0.5, 0.6) is 0 Å². The van der Waals surface area contributed by atoms with E-state index in [4.69, 9.17) is 27.7 Å². The van der Waals surface area contributed by atoms with Crippen LogP contribution in [0.4, 0.5) is 0 Å². The Morgan fingerprint density at radius 1 is 1.17 bits per heavy atom. The van der Waals surface area contributed by atoms with Gasteiger partial charge in [0.1, 0.15) is 11.5 Å². The standard InChI is InChI=1S/C16H14Cl2N4O/c17-11-1-2-13(14(18)7-11)15-8-12(23-20-15)9-21-5-6-22-4-3-19-16(22)10-21/h1-4,7-8H,5-6,9-10H2. The average Bonchev–Trinajstić information content (AvgIpc) is 3.16. The molecule has 0 N–H and O–H groups in total. The van der Waals surface area contributed by atoms with E-state index in [1.54, 1.807) is 12.1 Å². The Labute approximate surface area is 143 Å². The molecule has 0 atom stereocenters. The molecular formula is C16H14Cl2N4O. The predicted octanol–water partition coefficient (Wildman–Crippen LogP) is 3.86. The number of imidazole rings is 1. The van der Waals surface area contributed by atoms with Crippen molar-refractivity contribution < 1.29 is 4.52 Å². The lowest BCUT2D eigenvalue weighted by Gasteiger charge is -2.26. The third kappa shape index (κ3) is 3.00. The first-order chi connectivity index (χ1) is 11.2. The maximum absolute atomic E-state index is 6.22. The maximum Gasteiger partial charge on any atom is 0.151 e. The van der Waals surface area contributed by atoms with Gasteiger partial charge in [-0.2, -0.15) is 0 Å². The quantitative estimate of drug-likeness (QED) is 0.720. The highest BCUT2D eigenvalue weighted by Crippen LogP contribution is 2.30. The molecule has 1 aliphatic rings. The summed E-state index contributed by atoms with van der Waals surface area (Å²) in [6.07, 6.45) is 3.86. The molecule has 7 heteroatoms. The zero-order valence-electron chi connectivity index (χ0n) is 12.2. The summed E-state index contributed by atoms with van der Waals surface area (Å²) in [5.41, 5.74) is 1.54. The molecule has 1 aliphatic heterocycles. The van der Waals surface area contributed by atoms with Gasteiger partial charge in [-0.25, -0.2) is 4.98 Å². The molecule has 0 saturated heterocycles. The van der Waals surface area contributed by atoms with Crippen molar-refractivity contribution in [3.8, 4) is 11.3 Å². The van der Waals surface area contributed by atoms with Gasteiger partial charge < -0.3 is 9.09 Å². The Bertz CT molecular complexity index is 842. The van der Waals surface area contributed by atoms with E-state index < -0.39 is 0 Å². The summed E-state index contributed by atoms with van der Waals surface area (Å²) >= 11 is 12.1. The lowest BCUT2D eigenvalue weighted by Crippen LogP contribution is -2.33. The first-order valence-corrected chi connectivity index (χ1v) is 8.08. The SMILES string of the molecule is Clc1ccc(-c2cc(CN3CCn4ccnc4C3)on2)c(Cl)c1. The van der Waals surface area contributed by atoms with Crippen molar-refractivity contribution in [1.29, 1.82) is 0 Å². The van der Waals surface area contributed by atoms with Crippen molar-refractivity contribution in [3.63, 3.8) is 0 Å². The number of benzene rings is 1. The minimum atomic E-state index is 0.567. The van der Waals surface area contributed by atoms with Crippen LogP contribution in [0.25, 0.3) is 11.3 Å². The molecule has 2 aromatic heterocycles. The van der Waals surface area contributed by atoms with E-state index in [2.05, 4.69) is 19.6 Å². The van der Waals surface area contributed by atoms with Crippen LogP contribution < -0.4 is 0 Å². The molecule has 0 unspecified atom stereocenters. The number of hydrogen-bond acceptors (Lipinski definition) is 4. The zero-order chi connectivity index (χ0) is 15.8.